The molecule has 0 aliphatic rings. The molecule has 0 spiro atoms. The van der Waals surface area contributed by atoms with Crippen LogP contribution in [0, 0.1) is 0 Å². The topological polar surface area (TPSA) is 85.6 Å². The van der Waals surface area contributed by atoms with Crippen molar-refractivity contribution < 1.29 is 23.5 Å². The van der Waals surface area contributed by atoms with Crippen LogP contribution in [0.2, 0.25) is 0 Å². The van der Waals surface area contributed by atoms with E-state index in [0.29, 0.717) is 17.6 Å². The van der Waals surface area contributed by atoms with Crippen molar-refractivity contribution in [2.45, 2.75) is 13.0 Å². The number of carbonyl (C=O) groups excluding carboxylic acids is 3. The predicted molar refractivity (Wildman–Crippen MR) is 94.9 cm³/mol. The summed E-state index contributed by atoms with van der Waals surface area (Å²) in [7, 11) is 0. The third-order valence-electron chi connectivity index (χ3n) is 3.87. The second-order valence-corrected chi connectivity index (χ2v) is 5.79. The van der Waals surface area contributed by atoms with Crippen molar-refractivity contribution >= 4 is 29.1 Å². The van der Waals surface area contributed by atoms with Crippen molar-refractivity contribution in [3.05, 3.63) is 71.5 Å². The predicted octanol–water partition coefficient (Wildman–Crippen LogP) is 3.28. The Labute approximate surface area is 149 Å². The maximum absolute atomic E-state index is 12.0. The van der Waals surface area contributed by atoms with Gasteiger partial charge in [0.25, 0.3) is 5.91 Å². The molecule has 1 atom stereocenters. The molecule has 0 radical (unpaired) electrons. The normalized spacial score (nSPS) is 11.7. The molecule has 26 heavy (non-hydrogen) atoms. The van der Waals surface area contributed by atoms with E-state index in [4.69, 9.17) is 9.15 Å². The summed E-state index contributed by atoms with van der Waals surface area (Å²) in [5, 5.41) is 3.68. The average molecular weight is 351 g/mol. The highest BCUT2D eigenvalue weighted by molar-refractivity contribution is 5.92. The highest BCUT2D eigenvalue weighted by Gasteiger charge is 2.16. The molecule has 0 saturated heterocycles. The monoisotopic (exact) mass is 351 g/mol. The lowest BCUT2D eigenvalue weighted by Gasteiger charge is -2.11. The molecule has 1 heterocycles. The van der Waals surface area contributed by atoms with Crippen LogP contribution in [-0.2, 0) is 9.53 Å². The molecule has 0 aliphatic carbocycles. The lowest BCUT2D eigenvalue weighted by atomic mass is 10.1. The molecule has 132 valence electrons. The maximum Gasteiger partial charge on any atom is 0.338 e. The minimum atomic E-state index is -0.631. The highest BCUT2D eigenvalue weighted by Crippen LogP contribution is 2.23. The van der Waals surface area contributed by atoms with Crippen LogP contribution >= 0.6 is 0 Å². The minimum absolute atomic E-state index is 0.272. The van der Waals surface area contributed by atoms with E-state index in [-0.39, 0.29) is 11.6 Å². The first-order chi connectivity index (χ1) is 12.6. The zero-order valence-corrected chi connectivity index (χ0v) is 14.1. The summed E-state index contributed by atoms with van der Waals surface area (Å²) in [6, 6.07) is 15.0. The van der Waals surface area contributed by atoms with E-state index in [1.54, 1.807) is 6.92 Å². The lowest BCUT2D eigenvalue weighted by Crippen LogP contribution is -2.31. The Balaban J connectivity index is 1.54. The van der Waals surface area contributed by atoms with Crippen LogP contribution in [0.1, 0.15) is 39.4 Å². The van der Waals surface area contributed by atoms with E-state index in [2.05, 4.69) is 5.32 Å². The molecule has 0 unspecified atom stereocenters. The van der Waals surface area contributed by atoms with Gasteiger partial charge in [0.05, 0.1) is 11.6 Å². The Bertz CT molecular complexity index is 909. The Morgan fingerprint density at radius 1 is 1.15 bits per heavy atom. The van der Waals surface area contributed by atoms with Crippen molar-refractivity contribution in [3.8, 4) is 0 Å². The summed E-state index contributed by atoms with van der Waals surface area (Å²) in [5.74, 6) is -0.444. The molecular weight excluding hydrogens is 334 g/mol. The first kappa shape index (κ1) is 17.4. The molecule has 1 aromatic heterocycles. The third-order valence-corrected chi connectivity index (χ3v) is 3.87. The van der Waals surface area contributed by atoms with Gasteiger partial charge in [-0.1, -0.05) is 30.3 Å². The standard InChI is InChI=1S/C20H17NO5/c1-13(18-10-16-4-2-3-5-17(16)26-18)21-19(23)12-25-20(24)15-8-6-14(11-22)7-9-15/h2-11,13H,12H2,1H3,(H,21,23)/t13-/m0/s1. The fraction of sp³-hybridized carbons (Fsp3) is 0.150. The van der Waals surface area contributed by atoms with Gasteiger partial charge in [-0.25, -0.2) is 4.79 Å². The van der Waals surface area contributed by atoms with Gasteiger partial charge in [-0.15, -0.1) is 0 Å². The number of esters is 1. The number of rotatable bonds is 6. The summed E-state index contributed by atoms with van der Waals surface area (Å²) < 4.78 is 10.7. The second kappa shape index (κ2) is 7.65. The molecule has 6 heteroatoms. The zero-order chi connectivity index (χ0) is 18.5. The molecule has 2 aromatic carbocycles. The summed E-state index contributed by atoms with van der Waals surface area (Å²) in [6.45, 7) is 1.38. The van der Waals surface area contributed by atoms with E-state index in [1.807, 2.05) is 30.3 Å². The van der Waals surface area contributed by atoms with E-state index in [9.17, 15) is 14.4 Å². The fourth-order valence-electron chi connectivity index (χ4n) is 2.48. The number of hydrogen-bond acceptors (Lipinski definition) is 5. The number of nitrogens with one attached hydrogen (secondary N) is 1. The molecular formula is C20H17NO5. The summed E-state index contributed by atoms with van der Waals surface area (Å²) in [6.07, 6.45) is 0.683. The van der Waals surface area contributed by atoms with Crippen molar-refractivity contribution in [2.24, 2.45) is 0 Å². The number of ether oxygens (including phenoxy) is 1. The Hall–Kier alpha value is -3.41. The molecule has 0 fully saturated rings. The van der Waals surface area contributed by atoms with Gasteiger partial charge in [-0.05, 0) is 31.2 Å². The second-order valence-electron chi connectivity index (χ2n) is 5.79. The molecule has 0 saturated carbocycles. The van der Waals surface area contributed by atoms with Gasteiger partial charge in [0.2, 0.25) is 0 Å². The van der Waals surface area contributed by atoms with E-state index >= 15 is 0 Å². The number of hydrogen-bond donors (Lipinski definition) is 1. The Morgan fingerprint density at radius 2 is 1.88 bits per heavy atom. The van der Waals surface area contributed by atoms with Crippen LogP contribution in [0.15, 0.2) is 59.0 Å². The van der Waals surface area contributed by atoms with Crippen LogP contribution in [0.25, 0.3) is 11.0 Å². The van der Waals surface area contributed by atoms with E-state index in [0.717, 1.165) is 11.0 Å². The number of amides is 1. The number of para-hydroxylation sites is 1. The number of benzene rings is 2. The van der Waals surface area contributed by atoms with E-state index < -0.39 is 18.5 Å². The van der Waals surface area contributed by atoms with Gasteiger partial charge in [-0.2, -0.15) is 0 Å². The number of fused-ring (bicyclic) bond motifs is 1. The fourth-order valence-corrected chi connectivity index (χ4v) is 2.48. The average Bonchev–Trinajstić information content (AvgIpc) is 3.10. The largest absolute Gasteiger partial charge is 0.459 e. The Kier molecular flexibility index (Phi) is 5.12. The van der Waals surface area contributed by atoms with Crippen LogP contribution in [0.4, 0.5) is 0 Å². The maximum atomic E-state index is 12.0. The molecule has 3 aromatic rings. The number of aldehydes is 1. The molecule has 1 N–H and O–H groups in total. The van der Waals surface area contributed by atoms with Gasteiger partial charge < -0.3 is 14.5 Å². The highest BCUT2D eigenvalue weighted by atomic mass is 16.5. The number of furan rings is 1. The first-order valence-corrected chi connectivity index (χ1v) is 8.07. The quantitative estimate of drug-likeness (QED) is 0.544. The van der Waals surface area contributed by atoms with Gasteiger partial charge in [0.15, 0.2) is 6.61 Å². The first-order valence-electron chi connectivity index (χ1n) is 8.07. The third kappa shape index (κ3) is 3.97. The van der Waals surface area contributed by atoms with E-state index in [1.165, 1.54) is 24.3 Å². The minimum Gasteiger partial charge on any atom is -0.459 e. The number of carbonyl (C=O) groups is 3. The summed E-state index contributed by atoms with van der Waals surface area (Å²) >= 11 is 0. The van der Waals surface area contributed by atoms with Crippen LogP contribution in [-0.4, -0.2) is 24.8 Å². The Morgan fingerprint density at radius 3 is 2.58 bits per heavy atom. The summed E-state index contributed by atoms with van der Waals surface area (Å²) in [4.78, 5) is 34.5. The van der Waals surface area contributed by atoms with Crippen molar-refractivity contribution in [1.29, 1.82) is 0 Å². The molecule has 0 aliphatic heterocycles. The van der Waals surface area contributed by atoms with Crippen LogP contribution in [0.5, 0.6) is 0 Å². The van der Waals surface area contributed by atoms with Crippen LogP contribution in [0.3, 0.4) is 0 Å². The van der Waals surface area contributed by atoms with Crippen molar-refractivity contribution in [1.82, 2.24) is 5.32 Å². The zero-order valence-electron chi connectivity index (χ0n) is 14.1. The van der Waals surface area contributed by atoms with Crippen molar-refractivity contribution in [2.75, 3.05) is 6.61 Å². The SMILES string of the molecule is C[C@H](NC(=O)COC(=O)c1ccc(C=O)cc1)c1cc2ccccc2o1. The molecule has 6 nitrogen and oxygen atoms in total. The van der Waals surface area contributed by atoms with Gasteiger partial charge in [-0.3, -0.25) is 9.59 Å². The van der Waals surface area contributed by atoms with Gasteiger partial charge >= 0.3 is 5.97 Å². The van der Waals surface area contributed by atoms with Crippen molar-refractivity contribution in [3.63, 3.8) is 0 Å². The molecule has 0 bridgehead atoms. The molecule has 3 rings (SSSR count). The summed E-state index contributed by atoms with van der Waals surface area (Å²) in [5.41, 5.74) is 1.47. The van der Waals surface area contributed by atoms with Crippen LogP contribution < -0.4 is 5.32 Å². The van der Waals surface area contributed by atoms with Gasteiger partial charge in [0, 0.05) is 10.9 Å². The smallest absolute Gasteiger partial charge is 0.338 e. The lowest BCUT2D eigenvalue weighted by molar-refractivity contribution is -0.125. The molecule has 1 amide bonds. The van der Waals surface area contributed by atoms with Gasteiger partial charge in [0.1, 0.15) is 17.6 Å².